The molecule has 0 spiro atoms. The van der Waals surface area contributed by atoms with Gasteiger partial charge < -0.3 is 4.42 Å². The summed E-state index contributed by atoms with van der Waals surface area (Å²) in [4.78, 5) is 16.8. The Kier molecular flexibility index (Phi) is 4.07. The van der Waals surface area contributed by atoms with Crippen molar-refractivity contribution in [1.82, 2.24) is 5.48 Å². The number of hydrogen-bond donors (Lipinski definition) is 1. The molecule has 1 aromatic rings. The van der Waals surface area contributed by atoms with Crippen LogP contribution in [0.15, 0.2) is 4.42 Å². The van der Waals surface area contributed by atoms with E-state index in [9.17, 15) is 4.79 Å². The van der Waals surface area contributed by atoms with Crippen LogP contribution in [-0.2, 0) is 4.84 Å². The maximum Gasteiger partial charge on any atom is 0.278 e. The summed E-state index contributed by atoms with van der Waals surface area (Å²) >= 11 is 0. The molecule has 4 nitrogen and oxygen atoms in total. The highest BCUT2D eigenvalue weighted by molar-refractivity contribution is 5.96. The molecule has 0 saturated heterocycles. The second kappa shape index (κ2) is 5.57. The Balaban J connectivity index is 2.35. The zero-order valence-electron chi connectivity index (χ0n) is 11.3. The Morgan fingerprint density at radius 3 is 2.50 bits per heavy atom. The molecule has 1 aliphatic rings. The second-order valence-corrected chi connectivity index (χ2v) is 4.97. The fraction of sp³-hybridized carbons (Fsp3) is 0.643. The maximum atomic E-state index is 12.0. The van der Waals surface area contributed by atoms with Crippen LogP contribution < -0.4 is 5.48 Å². The van der Waals surface area contributed by atoms with E-state index >= 15 is 0 Å². The molecule has 1 aliphatic carbocycles. The molecule has 0 radical (unpaired) electrons. The van der Waals surface area contributed by atoms with E-state index in [1.807, 2.05) is 13.8 Å². The lowest BCUT2D eigenvalue weighted by atomic mass is 9.82. The van der Waals surface area contributed by atoms with Crippen LogP contribution in [0.1, 0.15) is 65.5 Å². The van der Waals surface area contributed by atoms with Gasteiger partial charge in [0, 0.05) is 5.56 Å². The number of furan rings is 1. The zero-order chi connectivity index (χ0) is 13.1. The average molecular weight is 251 g/mol. The molecule has 2 rings (SSSR count). The van der Waals surface area contributed by atoms with E-state index < -0.39 is 0 Å². The van der Waals surface area contributed by atoms with E-state index in [4.69, 9.17) is 9.25 Å². The summed E-state index contributed by atoms with van der Waals surface area (Å²) in [5.74, 6) is 1.81. The van der Waals surface area contributed by atoms with Crippen molar-refractivity contribution in [2.45, 2.75) is 51.9 Å². The lowest BCUT2D eigenvalue weighted by molar-refractivity contribution is 0.0534. The molecule has 1 amide bonds. The van der Waals surface area contributed by atoms with Gasteiger partial charge in [0.2, 0.25) is 0 Å². The Morgan fingerprint density at radius 1 is 1.22 bits per heavy atom. The smallest absolute Gasteiger partial charge is 0.278 e. The lowest BCUT2D eigenvalue weighted by Gasteiger charge is -2.22. The van der Waals surface area contributed by atoms with E-state index in [0.717, 1.165) is 24.2 Å². The van der Waals surface area contributed by atoms with E-state index in [2.05, 4.69) is 5.48 Å². The Labute approximate surface area is 108 Å². The van der Waals surface area contributed by atoms with Gasteiger partial charge in [-0.1, -0.05) is 19.3 Å². The van der Waals surface area contributed by atoms with Crippen molar-refractivity contribution < 1.29 is 14.0 Å². The van der Waals surface area contributed by atoms with Crippen LogP contribution in [0, 0.1) is 13.8 Å². The van der Waals surface area contributed by atoms with Crippen LogP contribution in [0.5, 0.6) is 0 Å². The van der Waals surface area contributed by atoms with Gasteiger partial charge in [0.15, 0.2) is 0 Å². The maximum absolute atomic E-state index is 12.0. The molecule has 1 heterocycles. The monoisotopic (exact) mass is 251 g/mol. The number of carbonyl (C=O) groups is 1. The molecule has 100 valence electrons. The highest BCUT2D eigenvalue weighted by Crippen LogP contribution is 2.38. The summed E-state index contributed by atoms with van der Waals surface area (Å²) in [7, 11) is 1.44. The quantitative estimate of drug-likeness (QED) is 0.839. The van der Waals surface area contributed by atoms with E-state index in [1.165, 1.54) is 26.4 Å². The molecule has 1 saturated carbocycles. The lowest BCUT2D eigenvalue weighted by Crippen LogP contribution is -2.24. The number of hydrogen-bond acceptors (Lipinski definition) is 3. The highest BCUT2D eigenvalue weighted by Gasteiger charge is 2.28. The fourth-order valence-corrected chi connectivity index (χ4v) is 3.01. The van der Waals surface area contributed by atoms with Gasteiger partial charge in [0.25, 0.3) is 5.91 Å². The normalized spacial score (nSPS) is 16.8. The van der Waals surface area contributed by atoms with Gasteiger partial charge in [-0.25, -0.2) is 5.48 Å². The highest BCUT2D eigenvalue weighted by atomic mass is 16.6. The average Bonchev–Trinajstić information content (AvgIpc) is 2.65. The van der Waals surface area contributed by atoms with Crippen molar-refractivity contribution >= 4 is 5.91 Å². The van der Waals surface area contributed by atoms with Gasteiger partial charge in [0.05, 0.1) is 12.7 Å². The second-order valence-electron chi connectivity index (χ2n) is 4.97. The Bertz CT molecular complexity index is 430. The number of nitrogens with one attached hydrogen (secondary N) is 1. The fourth-order valence-electron chi connectivity index (χ4n) is 3.01. The third-order valence-corrected chi connectivity index (χ3v) is 3.74. The minimum absolute atomic E-state index is 0.201. The van der Waals surface area contributed by atoms with Crippen LogP contribution in [0.4, 0.5) is 0 Å². The Hall–Kier alpha value is -1.29. The summed E-state index contributed by atoms with van der Waals surface area (Å²) < 4.78 is 5.65. The summed E-state index contributed by atoms with van der Waals surface area (Å²) in [5, 5.41) is 0. The summed E-state index contributed by atoms with van der Waals surface area (Å²) in [5.41, 5.74) is 4.15. The van der Waals surface area contributed by atoms with Gasteiger partial charge in [-0.15, -0.1) is 0 Å². The topological polar surface area (TPSA) is 51.5 Å². The van der Waals surface area contributed by atoms with Gasteiger partial charge in [-0.3, -0.25) is 9.63 Å². The summed E-state index contributed by atoms with van der Waals surface area (Å²) in [6.07, 6.45) is 6.06. The molecule has 0 aromatic carbocycles. The molecule has 4 heteroatoms. The van der Waals surface area contributed by atoms with Crippen molar-refractivity contribution in [3.8, 4) is 0 Å². The zero-order valence-corrected chi connectivity index (χ0v) is 11.3. The third kappa shape index (κ3) is 2.43. The summed E-state index contributed by atoms with van der Waals surface area (Å²) in [6, 6.07) is 0. The van der Waals surface area contributed by atoms with Crippen LogP contribution in [0.3, 0.4) is 0 Å². The Morgan fingerprint density at radius 2 is 1.89 bits per heavy atom. The van der Waals surface area contributed by atoms with E-state index in [-0.39, 0.29) is 5.91 Å². The molecular weight excluding hydrogens is 230 g/mol. The largest absolute Gasteiger partial charge is 0.466 e. The van der Waals surface area contributed by atoms with Crippen molar-refractivity contribution in [2.24, 2.45) is 0 Å². The molecule has 0 unspecified atom stereocenters. The number of aryl methyl sites for hydroxylation is 2. The van der Waals surface area contributed by atoms with Gasteiger partial charge in [-0.2, -0.15) is 0 Å². The predicted molar refractivity (Wildman–Crippen MR) is 68.5 cm³/mol. The minimum Gasteiger partial charge on any atom is -0.466 e. The van der Waals surface area contributed by atoms with Gasteiger partial charge in [-0.05, 0) is 32.6 Å². The number of hydroxylamine groups is 1. The van der Waals surface area contributed by atoms with E-state index in [1.54, 1.807) is 0 Å². The van der Waals surface area contributed by atoms with Gasteiger partial charge in [0.1, 0.15) is 11.5 Å². The van der Waals surface area contributed by atoms with Crippen LogP contribution in [0.2, 0.25) is 0 Å². The predicted octanol–water partition coefficient (Wildman–Crippen LogP) is 3.24. The first-order valence-electron chi connectivity index (χ1n) is 6.58. The number of rotatable bonds is 3. The molecule has 1 N–H and O–H groups in total. The standard InChI is InChI=1S/C14H21NO3/c1-9-12(11-7-5-4-6-8-11)13(10(2)18-9)14(16)15-17-3/h11H,4-8H2,1-3H3,(H,15,16). The first-order chi connectivity index (χ1) is 8.65. The number of carbonyl (C=O) groups excluding carboxylic acids is 1. The van der Waals surface area contributed by atoms with Crippen molar-refractivity contribution in [3.63, 3.8) is 0 Å². The summed E-state index contributed by atoms with van der Waals surface area (Å²) in [6.45, 7) is 3.78. The molecule has 1 aromatic heterocycles. The molecule has 0 bridgehead atoms. The third-order valence-electron chi connectivity index (χ3n) is 3.74. The van der Waals surface area contributed by atoms with Crippen LogP contribution >= 0.6 is 0 Å². The van der Waals surface area contributed by atoms with Crippen molar-refractivity contribution in [1.29, 1.82) is 0 Å². The van der Waals surface area contributed by atoms with Crippen molar-refractivity contribution in [2.75, 3.05) is 7.11 Å². The van der Waals surface area contributed by atoms with Crippen LogP contribution in [-0.4, -0.2) is 13.0 Å². The molecule has 18 heavy (non-hydrogen) atoms. The molecule has 0 aliphatic heterocycles. The van der Waals surface area contributed by atoms with Gasteiger partial charge >= 0.3 is 0 Å². The first-order valence-corrected chi connectivity index (χ1v) is 6.58. The number of amides is 1. The molecule has 1 fully saturated rings. The SMILES string of the molecule is CONC(=O)c1c(C)oc(C)c1C1CCCCC1. The van der Waals surface area contributed by atoms with E-state index in [0.29, 0.717) is 17.2 Å². The molecule has 0 atom stereocenters. The minimum atomic E-state index is -0.201. The molecular formula is C14H21NO3. The van der Waals surface area contributed by atoms with Crippen LogP contribution in [0.25, 0.3) is 0 Å². The first kappa shape index (κ1) is 13.1. The van der Waals surface area contributed by atoms with Crippen molar-refractivity contribution in [3.05, 3.63) is 22.6 Å².